The number of halogens is 6. The van der Waals surface area contributed by atoms with Gasteiger partial charge >= 0.3 is 12.4 Å². The number of fused-ring (bicyclic) bond motifs is 1. The van der Waals surface area contributed by atoms with Crippen molar-refractivity contribution in [2.24, 2.45) is 0 Å². The minimum Gasteiger partial charge on any atom is -0.508 e. The van der Waals surface area contributed by atoms with Crippen molar-refractivity contribution in [2.75, 3.05) is 0 Å². The molecule has 0 aliphatic rings. The first-order valence-corrected chi connectivity index (χ1v) is 5.70. The summed E-state index contributed by atoms with van der Waals surface area (Å²) in [6.45, 7) is 0. The Labute approximate surface area is 119 Å². The van der Waals surface area contributed by atoms with Gasteiger partial charge in [-0.2, -0.15) is 26.3 Å². The second kappa shape index (κ2) is 4.67. The van der Waals surface area contributed by atoms with Crippen LogP contribution >= 0.6 is 0 Å². The Balaban J connectivity index is 2.87. The van der Waals surface area contributed by atoms with Crippen LogP contribution in [0, 0.1) is 0 Å². The summed E-state index contributed by atoms with van der Waals surface area (Å²) in [4.78, 5) is 0. The quantitative estimate of drug-likeness (QED) is 0.702. The zero-order valence-corrected chi connectivity index (χ0v) is 10.5. The summed E-state index contributed by atoms with van der Waals surface area (Å²) in [7, 11) is 0. The highest BCUT2D eigenvalue weighted by Crippen LogP contribution is 2.53. The van der Waals surface area contributed by atoms with Gasteiger partial charge in [0.05, 0.1) is 0 Å². The van der Waals surface area contributed by atoms with E-state index in [1.165, 1.54) is 12.1 Å². The summed E-state index contributed by atoms with van der Waals surface area (Å²) in [5.74, 6) is -1.99. The van der Waals surface area contributed by atoms with Gasteiger partial charge in [-0.25, -0.2) is 0 Å². The third kappa shape index (κ3) is 2.21. The molecule has 0 unspecified atom stereocenters. The van der Waals surface area contributed by atoms with Crippen molar-refractivity contribution >= 4 is 10.8 Å². The third-order valence-corrected chi connectivity index (χ3v) is 3.18. The highest BCUT2D eigenvalue weighted by Gasteiger charge is 2.72. The number of phenolic OH excluding ortho intramolecular Hbond substituents is 2. The van der Waals surface area contributed by atoms with E-state index in [0.29, 0.717) is 6.07 Å². The van der Waals surface area contributed by atoms with Gasteiger partial charge in [0.1, 0.15) is 11.5 Å². The van der Waals surface area contributed by atoms with Gasteiger partial charge in [-0.05, 0) is 23.6 Å². The maximum atomic E-state index is 12.8. The molecule has 0 aliphatic heterocycles. The van der Waals surface area contributed by atoms with Crippen molar-refractivity contribution in [3.05, 3.63) is 35.9 Å². The van der Waals surface area contributed by atoms with E-state index in [2.05, 4.69) is 0 Å². The van der Waals surface area contributed by atoms with Gasteiger partial charge in [0.2, 0.25) is 0 Å². The molecule has 3 N–H and O–H groups in total. The molecule has 120 valence electrons. The molecule has 2 aromatic carbocycles. The lowest BCUT2D eigenvalue weighted by Crippen LogP contribution is -2.53. The van der Waals surface area contributed by atoms with Gasteiger partial charge in [0, 0.05) is 10.9 Å². The smallest absolute Gasteiger partial charge is 0.430 e. The number of alkyl halides is 6. The molecule has 2 rings (SSSR count). The molecule has 0 atom stereocenters. The Kier molecular flexibility index (Phi) is 3.44. The maximum Gasteiger partial charge on any atom is 0.430 e. The molecule has 3 nitrogen and oxygen atoms in total. The van der Waals surface area contributed by atoms with Crippen LogP contribution in [0.25, 0.3) is 10.8 Å². The predicted octanol–water partition coefficient (Wildman–Crippen LogP) is 3.56. The minimum atomic E-state index is -6.12. The topological polar surface area (TPSA) is 60.7 Å². The number of hydrogen-bond acceptors (Lipinski definition) is 3. The first kappa shape index (κ1) is 16.2. The van der Waals surface area contributed by atoms with Crippen molar-refractivity contribution in [1.82, 2.24) is 0 Å². The highest BCUT2D eigenvalue weighted by molar-refractivity contribution is 5.90. The van der Waals surface area contributed by atoms with E-state index in [-0.39, 0.29) is 16.8 Å². The van der Waals surface area contributed by atoms with E-state index in [1.54, 1.807) is 0 Å². The van der Waals surface area contributed by atoms with E-state index in [9.17, 15) is 41.7 Å². The van der Waals surface area contributed by atoms with Gasteiger partial charge in [-0.15, -0.1) is 0 Å². The summed E-state index contributed by atoms with van der Waals surface area (Å²) in [5.41, 5.74) is -7.07. The van der Waals surface area contributed by atoms with E-state index in [4.69, 9.17) is 0 Å². The number of aromatic hydroxyl groups is 2. The summed E-state index contributed by atoms with van der Waals surface area (Å²) >= 11 is 0. The third-order valence-electron chi connectivity index (χ3n) is 3.18. The van der Waals surface area contributed by atoms with Crippen LogP contribution in [0.1, 0.15) is 5.56 Å². The van der Waals surface area contributed by atoms with Crippen LogP contribution in [0.4, 0.5) is 26.3 Å². The zero-order valence-electron chi connectivity index (χ0n) is 10.5. The Morgan fingerprint density at radius 3 is 1.82 bits per heavy atom. The lowest BCUT2D eigenvalue weighted by atomic mass is 9.89. The number of phenols is 2. The summed E-state index contributed by atoms with van der Waals surface area (Å²) in [6, 6.07) is 4.46. The fourth-order valence-electron chi connectivity index (χ4n) is 2.05. The van der Waals surface area contributed by atoms with Gasteiger partial charge in [0.15, 0.2) is 0 Å². The molecule has 9 heteroatoms. The van der Waals surface area contributed by atoms with Crippen LogP contribution in [0.3, 0.4) is 0 Å². The molecule has 0 aromatic heterocycles. The number of aliphatic hydroxyl groups is 1. The van der Waals surface area contributed by atoms with Crippen LogP contribution in [0.2, 0.25) is 0 Å². The Morgan fingerprint density at radius 2 is 1.32 bits per heavy atom. The molecule has 0 radical (unpaired) electrons. The van der Waals surface area contributed by atoms with Gasteiger partial charge in [0.25, 0.3) is 5.60 Å². The standard InChI is InChI=1S/C13H8F6O3/c14-12(15,16)11(22,13(17,18)19)8-5-7-6(4-10(8)21)2-1-3-9(7)20/h1-5,20-22H. The second-order valence-corrected chi connectivity index (χ2v) is 4.57. The first-order chi connectivity index (χ1) is 9.89. The predicted molar refractivity (Wildman–Crippen MR) is 63.3 cm³/mol. The van der Waals surface area contributed by atoms with E-state index in [0.717, 1.165) is 6.07 Å². The van der Waals surface area contributed by atoms with Crippen molar-refractivity contribution in [1.29, 1.82) is 0 Å². The van der Waals surface area contributed by atoms with Crippen LogP contribution in [-0.2, 0) is 5.60 Å². The zero-order chi connectivity index (χ0) is 16.9. The van der Waals surface area contributed by atoms with Crippen LogP contribution in [-0.4, -0.2) is 27.7 Å². The van der Waals surface area contributed by atoms with Crippen molar-refractivity contribution in [3.63, 3.8) is 0 Å². The highest BCUT2D eigenvalue weighted by atomic mass is 19.4. The largest absolute Gasteiger partial charge is 0.508 e. The lowest BCUT2D eigenvalue weighted by Gasteiger charge is -2.33. The van der Waals surface area contributed by atoms with Crippen molar-refractivity contribution in [2.45, 2.75) is 18.0 Å². The van der Waals surface area contributed by atoms with Crippen LogP contribution in [0.15, 0.2) is 30.3 Å². The molecule has 22 heavy (non-hydrogen) atoms. The molecular weight excluding hydrogens is 318 g/mol. The van der Waals surface area contributed by atoms with Gasteiger partial charge in [-0.1, -0.05) is 12.1 Å². The summed E-state index contributed by atoms with van der Waals surface area (Å²) in [6.07, 6.45) is -12.2. The van der Waals surface area contributed by atoms with Crippen LogP contribution < -0.4 is 0 Å². The molecule has 0 amide bonds. The summed E-state index contributed by atoms with van der Waals surface area (Å²) in [5, 5.41) is 28.0. The molecule has 0 heterocycles. The van der Waals surface area contributed by atoms with E-state index >= 15 is 0 Å². The molecule has 0 saturated carbocycles. The second-order valence-electron chi connectivity index (χ2n) is 4.57. The van der Waals surface area contributed by atoms with Crippen molar-refractivity contribution < 1.29 is 41.7 Å². The molecular formula is C13H8F6O3. The van der Waals surface area contributed by atoms with Crippen LogP contribution in [0.5, 0.6) is 11.5 Å². The average Bonchev–Trinajstić information content (AvgIpc) is 2.34. The van der Waals surface area contributed by atoms with E-state index < -0.39 is 35.0 Å². The maximum absolute atomic E-state index is 12.8. The SMILES string of the molecule is Oc1cc2cccc(O)c2cc1C(O)(C(F)(F)F)C(F)(F)F. The Bertz CT molecular complexity index is 706. The number of hydrogen-bond donors (Lipinski definition) is 3. The Morgan fingerprint density at radius 1 is 0.773 bits per heavy atom. The summed E-state index contributed by atoms with van der Waals surface area (Å²) < 4.78 is 76.9. The normalized spacial score (nSPS) is 13.6. The molecule has 0 spiro atoms. The lowest BCUT2D eigenvalue weighted by molar-refractivity contribution is -0.376. The average molecular weight is 326 g/mol. The minimum absolute atomic E-state index is 0.00736. The fraction of sp³-hybridized carbons (Fsp3) is 0.231. The van der Waals surface area contributed by atoms with Gasteiger partial charge in [-0.3, -0.25) is 0 Å². The molecule has 0 bridgehead atoms. The van der Waals surface area contributed by atoms with Crippen molar-refractivity contribution in [3.8, 4) is 11.5 Å². The van der Waals surface area contributed by atoms with E-state index in [1.807, 2.05) is 0 Å². The number of benzene rings is 2. The fourth-order valence-corrected chi connectivity index (χ4v) is 2.05. The Hall–Kier alpha value is -2.16. The molecule has 0 saturated heterocycles. The van der Waals surface area contributed by atoms with Gasteiger partial charge < -0.3 is 15.3 Å². The monoisotopic (exact) mass is 326 g/mol. The first-order valence-electron chi connectivity index (χ1n) is 5.70. The molecule has 0 aliphatic carbocycles. The molecule has 2 aromatic rings. The molecule has 0 fully saturated rings. The number of rotatable bonds is 1.